The van der Waals surface area contributed by atoms with Crippen molar-refractivity contribution in [2.45, 2.75) is 56.7 Å². The molecule has 1 aromatic heterocycles. The van der Waals surface area contributed by atoms with Crippen molar-refractivity contribution in [3.05, 3.63) is 12.4 Å². The Labute approximate surface area is 152 Å². The molecular weight excluding hydrogens is 342 g/mol. The lowest BCUT2D eigenvalue weighted by atomic mass is 10.0. The number of ether oxygens (including phenoxy) is 1. The Balaban J connectivity index is 1.32. The molecule has 24 heavy (non-hydrogen) atoms. The highest BCUT2D eigenvalue weighted by atomic mass is 33.1. The first-order valence-electron chi connectivity index (χ1n) is 8.98. The molecule has 2 aliphatic heterocycles. The molecule has 0 aliphatic carbocycles. The van der Waals surface area contributed by atoms with Gasteiger partial charge in [0.15, 0.2) is 0 Å². The van der Waals surface area contributed by atoms with Crippen molar-refractivity contribution in [3.63, 3.8) is 0 Å². The summed E-state index contributed by atoms with van der Waals surface area (Å²) in [4.78, 5) is 12.0. The molecule has 2 saturated heterocycles. The van der Waals surface area contributed by atoms with Crippen LogP contribution in [0.25, 0.3) is 0 Å². The summed E-state index contributed by atoms with van der Waals surface area (Å²) in [5, 5.41) is 8.15. The van der Waals surface area contributed by atoms with Crippen LogP contribution in [-0.4, -0.2) is 39.9 Å². The average molecular weight is 370 g/mol. The molecule has 1 amide bonds. The SMILES string of the molecule is O=C(CCCC[C@@H]1CCSS1)Nc1cnn(CC2CCOCC2)c1. The Bertz CT molecular complexity index is 512. The summed E-state index contributed by atoms with van der Waals surface area (Å²) in [6, 6.07) is 0. The van der Waals surface area contributed by atoms with Crippen LogP contribution >= 0.6 is 21.6 Å². The predicted molar refractivity (Wildman–Crippen MR) is 101 cm³/mol. The van der Waals surface area contributed by atoms with Gasteiger partial charge in [-0.2, -0.15) is 5.10 Å². The van der Waals surface area contributed by atoms with Gasteiger partial charge in [0, 0.05) is 43.4 Å². The third kappa shape index (κ3) is 6.01. The van der Waals surface area contributed by atoms with Crippen molar-refractivity contribution in [2.24, 2.45) is 5.92 Å². The Morgan fingerprint density at radius 3 is 3.00 bits per heavy atom. The van der Waals surface area contributed by atoms with Crippen LogP contribution in [0.5, 0.6) is 0 Å². The van der Waals surface area contributed by atoms with Gasteiger partial charge < -0.3 is 10.1 Å². The number of hydrogen-bond donors (Lipinski definition) is 1. The second-order valence-corrected chi connectivity index (χ2v) is 9.42. The largest absolute Gasteiger partial charge is 0.381 e. The van der Waals surface area contributed by atoms with Crippen LogP contribution in [0.15, 0.2) is 12.4 Å². The van der Waals surface area contributed by atoms with Crippen molar-refractivity contribution in [3.8, 4) is 0 Å². The van der Waals surface area contributed by atoms with E-state index >= 15 is 0 Å². The van der Waals surface area contributed by atoms with Crippen molar-refractivity contribution in [2.75, 3.05) is 24.3 Å². The normalized spacial score (nSPS) is 21.9. The number of hydrogen-bond acceptors (Lipinski definition) is 5. The molecule has 1 atom stereocenters. The minimum atomic E-state index is 0.106. The number of rotatable bonds is 8. The summed E-state index contributed by atoms with van der Waals surface area (Å²) in [5.74, 6) is 2.02. The Kier molecular flexibility index (Phi) is 7.35. The van der Waals surface area contributed by atoms with Crippen LogP contribution in [0.1, 0.15) is 44.9 Å². The Hall–Kier alpha value is -0.660. The van der Waals surface area contributed by atoms with E-state index in [2.05, 4.69) is 10.4 Å². The lowest BCUT2D eigenvalue weighted by Crippen LogP contribution is -2.20. The third-order valence-electron chi connectivity index (χ3n) is 4.61. The highest BCUT2D eigenvalue weighted by molar-refractivity contribution is 8.77. The molecule has 3 rings (SSSR count). The third-order valence-corrected chi connectivity index (χ3v) is 7.62. The van der Waals surface area contributed by atoms with Gasteiger partial charge in [0.25, 0.3) is 0 Å². The minimum Gasteiger partial charge on any atom is -0.381 e. The van der Waals surface area contributed by atoms with Crippen molar-refractivity contribution >= 4 is 33.2 Å². The first kappa shape index (κ1) is 18.1. The monoisotopic (exact) mass is 369 g/mol. The number of amides is 1. The van der Waals surface area contributed by atoms with Gasteiger partial charge in [0.2, 0.25) is 5.91 Å². The smallest absolute Gasteiger partial charge is 0.224 e. The quantitative estimate of drug-likeness (QED) is 0.555. The van der Waals surface area contributed by atoms with Gasteiger partial charge in [-0.25, -0.2) is 0 Å². The van der Waals surface area contributed by atoms with Gasteiger partial charge in [-0.1, -0.05) is 28.0 Å². The summed E-state index contributed by atoms with van der Waals surface area (Å²) in [6.45, 7) is 2.62. The fourth-order valence-electron chi connectivity index (χ4n) is 3.17. The molecule has 134 valence electrons. The molecule has 0 spiro atoms. The topological polar surface area (TPSA) is 56.2 Å². The molecule has 0 saturated carbocycles. The van der Waals surface area contributed by atoms with Crippen LogP contribution < -0.4 is 5.32 Å². The number of nitrogens with one attached hydrogen (secondary N) is 1. The first-order valence-corrected chi connectivity index (χ1v) is 11.4. The lowest BCUT2D eigenvalue weighted by molar-refractivity contribution is -0.116. The van der Waals surface area contributed by atoms with Crippen LogP contribution in [-0.2, 0) is 16.1 Å². The first-order chi connectivity index (χ1) is 11.8. The molecule has 0 bridgehead atoms. The molecule has 2 fully saturated rings. The summed E-state index contributed by atoms with van der Waals surface area (Å²) >= 11 is 0. The zero-order valence-electron chi connectivity index (χ0n) is 14.1. The Morgan fingerprint density at radius 2 is 2.21 bits per heavy atom. The van der Waals surface area contributed by atoms with Crippen molar-refractivity contribution < 1.29 is 9.53 Å². The summed E-state index contributed by atoms with van der Waals surface area (Å²) in [7, 11) is 4.00. The fraction of sp³-hybridized carbons (Fsp3) is 0.765. The summed E-state index contributed by atoms with van der Waals surface area (Å²) < 4.78 is 7.33. The predicted octanol–water partition coefficient (Wildman–Crippen LogP) is 3.96. The molecule has 3 heterocycles. The van der Waals surface area contributed by atoms with Gasteiger partial charge in [0.1, 0.15) is 0 Å². The number of carbonyl (C=O) groups is 1. The highest BCUT2D eigenvalue weighted by Crippen LogP contribution is 2.39. The zero-order chi connectivity index (χ0) is 16.6. The number of carbonyl (C=O) groups excluding carboxylic acids is 1. The molecule has 1 aromatic rings. The van der Waals surface area contributed by atoms with E-state index in [-0.39, 0.29) is 5.91 Å². The van der Waals surface area contributed by atoms with Gasteiger partial charge in [0.05, 0.1) is 11.9 Å². The van der Waals surface area contributed by atoms with Crippen LogP contribution in [0.2, 0.25) is 0 Å². The molecule has 0 aromatic carbocycles. The number of unbranched alkanes of at least 4 members (excludes halogenated alkanes) is 1. The second kappa shape index (κ2) is 9.73. The van der Waals surface area contributed by atoms with Gasteiger partial charge in [-0.15, -0.1) is 0 Å². The molecule has 2 aliphatic rings. The molecule has 5 nitrogen and oxygen atoms in total. The molecule has 0 radical (unpaired) electrons. The summed E-state index contributed by atoms with van der Waals surface area (Å²) in [6.07, 6.45) is 11.2. The van der Waals surface area contributed by atoms with E-state index in [1.807, 2.05) is 32.5 Å². The molecule has 0 unspecified atom stereocenters. The second-order valence-electron chi connectivity index (χ2n) is 6.63. The van der Waals surface area contributed by atoms with E-state index in [4.69, 9.17) is 4.74 Å². The van der Waals surface area contributed by atoms with E-state index in [0.29, 0.717) is 12.3 Å². The number of nitrogens with zero attached hydrogens (tertiary/aromatic N) is 2. The number of aromatic nitrogens is 2. The maximum atomic E-state index is 12.0. The van der Waals surface area contributed by atoms with Crippen LogP contribution in [0.3, 0.4) is 0 Å². The molecular formula is C17H27N3O2S2. The van der Waals surface area contributed by atoms with Gasteiger partial charge >= 0.3 is 0 Å². The zero-order valence-corrected chi connectivity index (χ0v) is 15.7. The highest BCUT2D eigenvalue weighted by Gasteiger charge is 2.16. The van der Waals surface area contributed by atoms with Gasteiger partial charge in [-0.3, -0.25) is 9.48 Å². The Morgan fingerprint density at radius 1 is 1.33 bits per heavy atom. The fourth-order valence-corrected chi connectivity index (χ4v) is 6.19. The van der Waals surface area contributed by atoms with E-state index in [1.54, 1.807) is 6.20 Å². The average Bonchev–Trinajstić information content (AvgIpc) is 3.25. The van der Waals surface area contributed by atoms with E-state index in [0.717, 1.165) is 56.4 Å². The van der Waals surface area contributed by atoms with Crippen LogP contribution in [0.4, 0.5) is 5.69 Å². The van der Waals surface area contributed by atoms with Crippen molar-refractivity contribution in [1.29, 1.82) is 0 Å². The van der Waals surface area contributed by atoms with Crippen LogP contribution in [0, 0.1) is 5.92 Å². The standard InChI is InChI=1S/C17H27N3O2S2/c21-17(4-2-1-3-16-7-10-23-24-16)19-15-11-18-20(13-15)12-14-5-8-22-9-6-14/h11,13-14,16H,1-10,12H2,(H,19,21)/t16-/m1/s1. The van der Waals surface area contributed by atoms with Crippen molar-refractivity contribution in [1.82, 2.24) is 9.78 Å². The lowest BCUT2D eigenvalue weighted by Gasteiger charge is -2.21. The van der Waals surface area contributed by atoms with E-state index in [9.17, 15) is 4.79 Å². The molecule has 7 heteroatoms. The maximum Gasteiger partial charge on any atom is 0.224 e. The number of anilines is 1. The summed E-state index contributed by atoms with van der Waals surface area (Å²) in [5.41, 5.74) is 0.815. The van der Waals surface area contributed by atoms with Gasteiger partial charge in [-0.05, 0) is 38.0 Å². The maximum absolute atomic E-state index is 12.0. The van der Waals surface area contributed by atoms with E-state index < -0.39 is 0 Å². The van der Waals surface area contributed by atoms with E-state index in [1.165, 1.54) is 18.6 Å². The minimum absolute atomic E-state index is 0.106. The molecule has 1 N–H and O–H groups in total.